The van der Waals surface area contributed by atoms with Crippen LogP contribution in [0.15, 0.2) is 60.7 Å². The fourth-order valence-corrected chi connectivity index (χ4v) is 27.4. The standard InChI is InChI=1S/C19H23OSi.3C4H9.Sn/c1-16-10-9-15-19(16)20-21(2,17-11-5-3-6-12-17)18-13-7-4-8-14-18;3*1-3-4-2;/h3-8,11-14,16,19H,1,9-10,15H2,2H3;3*1,3-4H2,2H3;/t16-,19+;;;;/m1..../s1. The third-order valence-electron chi connectivity index (χ3n) is 8.50. The molecule has 3 rings (SSSR count). The number of rotatable bonds is 15. The zero-order chi connectivity index (χ0) is 24.3. The molecular weight excluding hydrogens is 535 g/mol. The Hall–Kier alpha value is -0.584. The summed E-state index contributed by atoms with van der Waals surface area (Å²) in [4.78, 5) is 0. The molecule has 1 fully saturated rings. The summed E-state index contributed by atoms with van der Waals surface area (Å²) in [6.07, 6.45) is 13.0. The van der Waals surface area contributed by atoms with Crippen LogP contribution in [-0.2, 0) is 4.43 Å². The molecule has 0 aromatic heterocycles. The molecule has 0 N–H and O–H groups in total. The van der Waals surface area contributed by atoms with Gasteiger partial charge in [-0.25, -0.2) is 0 Å². The number of hydrogen-bond donors (Lipinski definition) is 0. The average molecular weight is 586 g/mol. The van der Waals surface area contributed by atoms with E-state index < -0.39 is 26.7 Å². The third kappa shape index (κ3) is 7.46. The second-order valence-corrected chi connectivity index (χ2v) is 28.6. The fraction of sp³-hybridized carbons (Fsp3) is 0.613. The Kier molecular flexibility index (Phi) is 11.7. The number of hydrogen-bond acceptors (Lipinski definition) is 1. The van der Waals surface area contributed by atoms with Gasteiger partial charge in [0.2, 0.25) is 0 Å². The van der Waals surface area contributed by atoms with Crippen LogP contribution in [0, 0.1) is 5.92 Å². The van der Waals surface area contributed by atoms with Crippen molar-refractivity contribution in [3.8, 4) is 0 Å². The van der Waals surface area contributed by atoms with Crippen molar-refractivity contribution in [3.05, 3.63) is 60.7 Å². The van der Waals surface area contributed by atoms with Gasteiger partial charge in [-0.15, -0.1) is 0 Å². The fourth-order valence-electron chi connectivity index (χ4n) is 6.40. The van der Waals surface area contributed by atoms with Crippen molar-refractivity contribution in [3.63, 3.8) is 0 Å². The molecule has 1 aliphatic carbocycles. The van der Waals surface area contributed by atoms with Crippen molar-refractivity contribution < 1.29 is 4.43 Å². The molecule has 1 nitrogen and oxygen atoms in total. The van der Waals surface area contributed by atoms with Crippen molar-refractivity contribution >= 4 is 37.1 Å². The van der Waals surface area contributed by atoms with Crippen LogP contribution in [0.2, 0.25) is 24.3 Å². The van der Waals surface area contributed by atoms with Crippen LogP contribution in [-0.4, -0.2) is 32.8 Å². The Labute approximate surface area is 216 Å². The zero-order valence-corrected chi connectivity index (χ0v) is 26.4. The summed E-state index contributed by atoms with van der Waals surface area (Å²) in [5.41, 5.74) is 0. The number of benzene rings is 2. The maximum atomic E-state index is 7.42. The van der Waals surface area contributed by atoms with Gasteiger partial charge in [0.05, 0.1) is 0 Å². The second-order valence-electron chi connectivity index (χ2n) is 11.1. The molecule has 0 spiro atoms. The van der Waals surface area contributed by atoms with Crippen molar-refractivity contribution in [2.45, 2.75) is 109 Å². The van der Waals surface area contributed by atoms with E-state index in [2.05, 4.69) is 88.0 Å². The van der Waals surface area contributed by atoms with Crippen LogP contribution < -0.4 is 10.4 Å². The summed E-state index contributed by atoms with van der Waals surface area (Å²) < 4.78 is 13.9. The van der Waals surface area contributed by atoms with Crippen molar-refractivity contribution in [1.29, 1.82) is 0 Å². The van der Waals surface area contributed by atoms with E-state index in [0.29, 0.717) is 6.10 Å². The molecule has 0 radical (unpaired) electrons. The zero-order valence-electron chi connectivity index (χ0n) is 22.5. The molecular formula is C31H50OSiSn. The molecule has 0 bridgehead atoms. The quantitative estimate of drug-likeness (QED) is 0.191. The first-order chi connectivity index (χ1) is 16.6. The van der Waals surface area contributed by atoms with Gasteiger partial charge in [0.15, 0.2) is 0 Å². The summed E-state index contributed by atoms with van der Waals surface area (Å²) >= 11 is -2.18. The van der Waals surface area contributed by atoms with Gasteiger partial charge >= 0.3 is 217 Å². The van der Waals surface area contributed by atoms with E-state index in [-0.39, 0.29) is 0 Å². The van der Waals surface area contributed by atoms with Gasteiger partial charge < -0.3 is 0 Å². The first-order valence-corrected chi connectivity index (χ1v) is 24.8. The first-order valence-electron chi connectivity index (χ1n) is 14.4. The molecule has 0 aliphatic heterocycles. The Bertz CT molecular complexity index is 747. The molecule has 0 saturated heterocycles. The van der Waals surface area contributed by atoms with E-state index in [4.69, 9.17) is 4.43 Å². The summed E-state index contributed by atoms with van der Waals surface area (Å²) in [6, 6.07) is 22.3. The Morgan fingerprint density at radius 2 is 1.21 bits per heavy atom. The average Bonchev–Trinajstić information content (AvgIpc) is 3.31. The molecule has 2 atom stereocenters. The summed E-state index contributed by atoms with van der Waals surface area (Å²) in [5, 5.41) is 2.84. The molecule has 34 heavy (non-hydrogen) atoms. The molecule has 0 amide bonds. The molecule has 1 aliphatic rings. The van der Waals surface area contributed by atoms with Gasteiger partial charge in [-0.3, -0.25) is 0 Å². The third-order valence-corrected chi connectivity index (χ3v) is 28.2. The van der Waals surface area contributed by atoms with E-state index >= 15 is 0 Å². The molecule has 2 aromatic rings. The normalized spacial score (nSPS) is 18.9. The Morgan fingerprint density at radius 1 is 0.735 bits per heavy atom. The minimum absolute atomic E-state index is 0.457. The monoisotopic (exact) mass is 586 g/mol. The SMILES string of the molecule is CCC[CH2][Sn]([CH2]CCC)([CH2]CCC)[CH2][C@@H]1CCC[C@@H]1O[Si](C)(c1ccccc1)c1ccccc1. The van der Waals surface area contributed by atoms with Crippen LogP contribution in [0.3, 0.4) is 0 Å². The van der Waals surface area contributed by atoms with Crippen molar-refractivity contribution in [2.24, 2.45) is 5.92 Å². The summed E-state index contributed by atoms with van der Waals surface area (Å²) in [7, 11) is -2.24. The van der Waals surface area contributed by atoms with Crippen LogP contribution in [0.4, 0.5) is 0 Å². The topological polar surface area (TPSA) is 9.23 Å². The van der Waals surface area contributed by atoms with Crippen molar-refractivity contribution in [2.75, 3.05) is 0 Å². The summed E-state index contributed by atoms with van der Waals surface area (Å²) in [5.74, 6) is 0.806. The molecule has 2 aromatic carbocycles. The van der Waals surface area contributed by atoms with Crippen LogP contribution in [0.1, 0.15) is 78.6 Å². The predicted molar refractivity (Wildman–Crippen MR) is 156 cm³/mol. The molecule has 0 heterocycles. The van der Waals surface area contributed by atoms with Gasteiger partial charge in [-0.2, -0.15) is 0 Å². The van der Waals surface area contributed by atoms with E-state index in [1.54, 1.807) is 17.7 Å². The van der Waals surface area contributed by atoms with Gasteiger partial charge in [0, 0.05) is 0 Å². The predicted octanol–water partition coefficient (Wildman–Crippen LogP) is 8.41. The van der Waals surface area contributed by atoms with Crippen LogP contribution >= 0.6 is 0 Å². The first kappa shape index (κ1) is 28.0. The number of unbranched alkanes of at least 4 members (excludes halogenated alkanes) is 3. The molecule has 1 saturated carbocycles. The van der Waals surface area contributed by atoms with Crippen LogP contribution in [0.5, 0.6) is 0 Å². The van der Waals surface area contributed by atoms with Crippen LogP contribution in [0.25, 0.3) is 0 Å². The van der Waals surface area contributed by atoms with Gasteiger partial charge in [-0.05, 0) is 0 Å². The Morgan fingerprint density at radius 3 is 1.65 bits per heavy atom. The summed E-state index contributed by atoms with van der Waals surface area (Å²) in [6.45, 7) is 9.65. The second kappa shape index (κ2) is 14.2. The molecule has 188 valence electrons. The Balaban J connectivity index is 1.86. The minimum atomic E-state index is -2.24. The van der Waals surface area contributed by atoms with E-state index in [9.17, 15) is 0 Å². The van der Waals surface area contributed by atoms with E-state index in [1.165, 1.54) is 68.2 Å². The van der Waals surface area contributed by atoms with Gasteiger partial charge in [-0.1, -0.05) is 0 Å². The molecule has 3 heteroatoms. The van der Waals surface area contributed by atoms with E-state index in [0.717, 1.165) is 5.92 Å². The van der Waals surface area contributed by atoms with Crippen molar-refractivity contribution in [1.82, 2.24) is 0 Å². The van der Waals surface area contributed by atoms with E-state index in [1.807, 2.05) is 0 Å². The van der Waals surface area contributed by atoms with Gasteiger partial charge in [0.25, 0.3) is 0 Å². The van der Waals surface area contributed by atoms with Gasteiger partial charge in [0.1, 0.15) is 0 Å². The maximum absolute atomic E-state index is 7.42. The molecule has 0 unspecified atom stereocenters.